The summed E-state index contributed by atoms with van der Waals surface area (Å²) in [5.41, 5.74) is 8.22. The molecule has 0 aliphatic rings. The summed E-state index contributed by atoms with van der Waals surface area (Å²) in [6.07, 6.45) is 1.32. The number of pyridine rings is 2. The van der Waals surface area contributed by atoms with E-state index in [0.717, 1.165) is 17.1 Å². The maximum Gasteiger partial charge on any atom is 0.337 e. The fraction of sp³-hybridized carbons (Fsp3) is 0.154. The molecule has 2 rings (SSSR count). The molecule has 0 radical (unpaired) electrons. The second kappa shape index (κ2) is 4.93. The standard InChI is InChI=1S/C13H14N4O2/c1-7-3-4-11(8(2)16-7)17-12-5-9(13(18)19)10(14)6-15-12/h3-6H,14H2,1-2H3,(H,15,17)(H,18,19). The van der Waals surface area contributed by atoms with Crippen molar-refractivity contribution in [3.05, 3.63) is 41.3 Å². The lowest BCUT2D eigenvalue weighted by atomic mass is 10.2. The zero-order valence-electron chi connectivity index (χ0n) is 10.6. The molecular weight excluding hydrogens is 244 g/mol. The largest absolute Gasteiger partial charge is 0.478 e. The van der Waals surface area contributed by atoms with Gasteiger partial charge in [0.05, 0.1) is 28.8 Å². The topological polar surface area (TPSA) is 101 Å². The Morgan fingerprint density at radius 1 is 1.37 bits per heavy atom. The highest BCUT2D eigenvalue weighted by atomic mass is 16.4. The molecule has 0 aliphatic heterocycles. The molecule has 0 bridgehead atoms. The van der Waals surface area contributed by atoms with Crippen molar-refractivity contribution in [1.29, 1.82) is 0 Å². The van der Waals surface area contributed by atoms with Gasteiger partial charge < -0.3 is 16.2 Å². The Morgan fingerprint density at radius 2 is 2.11 bits per heavy atom. The van der Waals surface area contributed by atoms with Crippen LogP contribution in [0.2, 0.25) is 0 Å². The van der Waals surface area contributed by atoms with Crippen molar-refractivity contribution in [3.63, 3.8) is 0 Å². The van der Waals surface area contributed by atoms with Gasteiger partial charge in [0.2, 0.25) is 0 Å². The minimum Gasteiger partial charge on any atom is -0.478 e. The number of aryl methyl sites for hydroxylation is 2. The molecular formula is C13H14N4O2. The minimum atomic E-state index is -1.08. The van der Waals surface area contributed by atoms with Gasteiger partial charge in [0.25, 0.3) is 0 Å². The number of nitrogens with one attached hydrogen (secondary N) is 1. The van der Waals surface area contributed by atoms with Crippen LogP contribution in [0.25, 0.3) is 0 Å². The molecule has 19 heavy (non-hydrogen) atoms. The number of carboxylic acid groups (broad SMARTS) is 1. The van der Waals surface area contributed by atoms with Crippen molar-refractivity contribution in [2.45, 2.75) is 13.8 Å². The van der Waals surface area contributed by atoms with Gasteiger partial charge in [-0.3, -0.25) is 4.98 Å². The van der Waals surface area contributed by atoms with E-state index in [-0.39, 0.29) is 11.3 Å². The van der Waals surface area contributed by atoms with Gasteiger partial charge >= 0.3 is 5.97 Å². The first-order valence-corrected chi connectivity index (χ1v) is 5.67. The van der Waals surface area contributed by atoms with Crippen LogP contribution in [-0.2, 0) is 0 Å². The second-order valence-corrected chi connectivity index (χ2v) is 4.17. The quantitative estimate of drug-likeness (QED) is 0.779. The van der Waals surface area contributed by atoms with Crippen LogP contribution in [0.15, 0.2) is 24.4 Å². The summed E-state index contributed by atoms with van der Waals surface area (Å²) in [5.74, 6) is -0.665. The fourth-order valence-electron chi connectivity index (χ4n) is 1.68. The van der Waals surface area contributed by atoms with Crippen molar-refractivity contribution in [3.8, 4) is 0 Å². The van der Waals surface area contributed by atoms with E-state index in [9.17, 15) is 4.79 Å². The van der Waals surface area contributed by atoms with E-state index >= 15 is 0 Å². The van der Waals surface area contributed by atoms with Crippen LogP contribution in [0.3, 0.4) is 0 Å². The van der Waals surface area contributed by atoms with Gasteiger partial charge in [0.1, 0.15) is 5.82 Å². The van der Waals surface area contributed by atoms with Gasteiger partial charge in [-0.25, -0.2) is 9.78 Å². The summed E-state index contributed by atoms with van der Waals surface area (Å²) >= 11 is 0. The molecule has 2 aromatic rings. The van der Waals surface area contributed by atoms with Gasteiger partial charge in [0, 0.05) is 5.69 Å². The molecule has 0 aromatic carbocycles. The van der Waals surface area contributed by atoms with Crippen LogP contribution in [0.1, 0.15) is 21.7 Å². The Balaban J connectivity index is 2.33. The predicted octanol–water partition coefficient (Wildman–Crippen LogP) is 2.12. The van der Waals surface area contributed by atoms with Crippen LogP contribution in [-0.4, -0.2) is 21.0 Å². The van der Waals surface area contributed by atoms with Crippen LogP contribution in [0.4, 0.5) is 17.2 Å². The Bertz CT molecular complexity index is 641. The molecule has 0 atom stereocenters. The lowest BCUT2D eigenvalue weighted by Gasteiger charge is -2.10. The van der Waals surface area contributed by atoms with Crippen molar-refractivity contribution in [1.82, 2.24) is 9.97 Å². The number of nitrogens with zero attached hydrogens (tertiary/aromatic N) is 2. The zero-order chi connectivity index (χ0) is 14.0. The van der Waals surface area contributed by atoms with E-state index in [2.05, 4.69) is 15.3 Å². The number of hydrogen-bond acceptors (Lipinski definition) is 5. The van der Waals surface area contributed by atoms with Crippen LogP contribution in [0, 0.1) is 13.8 Å². The number of nitrogen functional groups attached to an aromatic ring is 1. The summed E-state index contributed by atoms with van der Waals surface area (Å²) in [6.45, 7) is 3.77. The second-order valence-electron chi connectivity index (χ2n) is 4.17. The minimum absolute atomic E-state index is 0.0234. The van der Waals surface area contributed by atoms with Crippen molar-refractivity contribution in [2.75, 3.05) is 11.1 Å². The van der Waals surface area contributed by atoms with E-state index in [0.29, 0.717) is 5.82 Å². The molecule has 98 valence electrons. The number of rotatable bonds is 3. The van der Waals surface area contributed by atoms with Gasteiger partial charge in [-0.15, -0.1) is 0 Å². The third-order valence-electron chi connectivity index (χ3n) is 2.65. The smallest absolute Gasteiger partial charge is 0.337 e. The zero-order valence-corrected chi connectivity index (χ0v) is 10.6. The van der Waals surface area contributed by atoms with Crippen molar-refractivity contribution < 1.29 is 9.90 Å². The molecule has 0 saturated carbocycles. The average Bonchev–Trinajstić information content (AvgIpc) is 2.34. The maximum absolute atomic E-state index is 11.0. The normalized spacial score (nSPS) is 10.2. The molecule has 0 spiro atoms. The Hall–Kier alpha value is -2.63. The molecule has 6 heteroatoms. The number of carboxylic acids is 1. The van der Waals surface area contributed by atoms with E-state index in [4.69, 9.17) is 10.8 Å². The lowest BCUT2D eigenvalue weighted by Crippen LogP contribution is -2.05. The van der Waals surface area contributed by atoms with E-state index < -0.39 is 5.97 Å². The molecule has 2 heterocycles. The van der Waals surface area contributed by atoms with Crippen molar-refractivity contribution >= 4 is 23.2 Å². The summed E-state index contributed by atoms with van der Waals surface area (Å²) in [6, 6.07) is 5.14. The lowest BCUT2D eigenvalue weighted by molar-refractivity contribution is 0.0698. The highest BCUT2D eigenvalue weighted by Gasteiger charge is 2.10. The first kappa shape index (κ1) is 12.8. The number of anilines is 3. The van der Waals surface area contributed by atoms with E-state index in [1.54, 1.807) is 0 Å². The van der Waals surface area contributed by atoms with Crippen LogP contribution >= 0.6 is 0 Å². The third kappa shape index (κ3) is 2.79. The van der Waals surface area contributed by atoms with Crippen LogP contribution < -0.4 is 11.1 Å². The maximum atomic E-state index is 11.0. The first-order chi connectivity index (χ1) is 8.97. The van der Waals surface area contributed by atoms with Gasteiger partial charge in [-0.2, -0.15) is 0 Å². The molecule has 6 nitrogen and oxygen atoms in total. The summed E-state index contributed by atoms with van der Waals surface area (Å²) in [5, 5.41) is 12.0. The molecule has 4 N–H and O–H groups in total. The number of aromatic nitrogens is 2. The molecule has 0 amide bonds. The average molecular weight is 258 g/mol. The number of aromatic carboxylic acids is 1. The van der Waals surface area contributed by atoms with Crippen LogP contribution in [0.5, 0.6) is 0 Å². The van der Waals surface area contributed by atoms with Crippen molar-refractivity contribution in [2.24, 2.45) is 0 Å². The Labute approximate surface area is 110 Å². The molecule has 0 aliphatic carbocycles. The first-order valence-electron chi connectivity index (χ1n) is 5.67. The van der Waals surface area contributed by atoms with Gasteiger partial charge in [0.15, 0.2) is 0 Å². The van der Waals surface area contributed by atoms with E-state index in [1.165, 1.54) is 12.3 Å². The van der Waals surface area contributed by atoms with Gasteiger partial charge in [-0.05, 0) is 32.0 Å². The number of carbonyl (C=O) groups is 1. The summed E-state index contributed by atoms with van der Waals surface area (Å²) in [4.78, 5) is 19.4. The fourth-order valence-corrected chi connectivity index (χ4v) is 1.68. The molecule has 0 saturated heterocycles. The number of nitrogens with two attached hydrogens (primary N) is 1. The molecule has 2 aromatic heterocycles. The number of hydrogen-bond donors (Lipinski definition) is 3. The highest BCUT2D eigenvalue weighted by Crippen LogP contribution is 2.21. The predicted molar refractivity (Wildman–Crippen MR) is 72.6 cm³/mol. The highest BCUT2D eigenvalue weighted by molar-refractivity contribution is 5.94. The third-order valence-corrected chi connectivity index (χ3v) is 2.65. The van der Waals surface area contributed by atoms with E-state index in [1.807, 2.05) is 26.0 Å². The molecule has 0 fully saturated rings. The van der Waals surface area contributed by atoms with Gasteiger partial charge in [-0.1, -0.05) is 0 Å². The Morgan fingerprint density at radius 3 is 2.74 bits per heavy atom. The molecule has 0 unspecified atom stereocenters. The SMILES string of the molecule is Cc1ccc(Nc2cc(C(=O)O)c(N)cn2)c(C)n1. The summed E-state index contributed by atoms with van der Waals surface area (Å²) < 4.78 is 0. The Kier molecular flexibility index (Phi) is 3.33. The summed E-state index contributed by atoms with van der Waals surface area (Å²) in [7, 11) is 0. The monoisotopic (exact) mass is 258 g/mol.